The second-order valence-corrected chi connectivity index (χ2v) is 10.3. The number of carbonyl (C=O) groups is 2. The molecule has 0 bridgehead atoms. The zero-order valence-corrected chi connectivity index (χ0v) is 22.3. The topological polar surface area (TPSA) is 102 Å². The van der Waals surface area contributed by atoms with Crippen molar-refractivity contribution in [3.8, 4) is 11.4 Å². The average Bonchev–Trinajstić information content (AvgIpc) is 3.56. The van der Waals surface area contributed by atoms with Gasteiger partial charge in [-0.15, -0.1) is 10.2 Å². The first-order chi connectivity index (χ1) is 17.8. The molecule has 1 aliphatic heterocycles. The van der Waals surface area contributed by atoms with Crippen LogP contribution in [0.2, 0.25) is 10.0 Å². The van der Waals surface area contributed by atoms with Gasteiger partial charge in [-0.2, -0.15) is 4.80 Å². The Kier molecular flexibility index (Phi) is 9.13. The monoisotopic (exact) mass is 544 g/mol. The molecule has 0 aliphatic carbocycles. The van der Waals surface area contributed by atoms with Crippen molar-refractivity contribution in [2.45, 2.75) is 51.8 Å². The van der Waals surface area contributed by atoms with Crippen LogP contribution in [0.15, 0.2) is 48.5 Å². The van der Waals surface area contributed by atoms with Crippen LogP contribution in [0.4, 0.5) is 5.69 Å². The Morgan fingerprint density at radius 1 is 1.11 bits per heavy atom. The molecule has 2 amide bonds. The molecule has 37 heavy (non-hydrogen) atoms. The molecule has 2 aromatic carbocycles. The largest absolute Gasteiger partial charge is 0.376 e. The fourth-order valence-corrected chi connectivity index (χ4v) is 4.49. The van der Waals surface area contributed by atoms with E-state index in [4.69, 9.17) is 27.9 Å². The zero-order chi connectivity index (χ0) is 26.4. The lowest BCUT2D eigenvalue weighted by Crippen LogP contribution is -2.52. The highest BCUT2D eigenvalue weighted by Gasteiger charge is 2.33. The quantitative estimate of drug-likeness (QED) is 0.406. The fraction of sp³-hybridized carbons (Fsp3) is 0.423. The minimum atomic E-state index is -0.741. The number of ether oxygens (including phenoxy) is 1. The van der Waals surface area contributed by atoms with Crippen molar-refractivity contribution in [1.82, 2.24) is 25.5 Å². The van der Waals surface area contributed by atoms with Gasteiger partial charge in [-0.25, -0.2) is 0 Å². The Balaban J connectivity index is 1.58. The van der Waals surface area contributed by atoms with Crippen molar-refractivity contribution in [3.63, 3.8) is 0 Å². The third-order valence-corrected chi connectivity index (χ3v) is 6.55. The van der Waals surface area contributed by atoms with Crippen LogP contribution in [0.1, 0.15) is 33.1 Å². The Labute approximate surface area is 226 Å². The Bertz CT molecular complexity index is 1190. The predicted octanol–water partition coefficient (Wildman–Crippen LogP) is 4.39. The van der Waals surface area contributed by atoms with E-state index in [0.717, 1.165) is 18.4 Å². The van der Waals surface area contributed by atoms with Gasteiger partial charge in [0.05, 0.1) is 6.10 Å². The van der Waals surface area contributed by atoms with Crippen molar-refractivity contribution in [2.75, 3.05) is 18.1 Å². The highest BCUT2D eigenvalue weighted by Crippen LogP contribution is 2.25. The summed E-state index contributed by atoms with van der Waals surface area (Å²) in [7, 11) is 0. The molecular weight excluding hydrogens is 515 g/mol. The summed E-state index contributed by atoms with van der Waals surface area (Å²) < 4.78 is 5.65. The molecule has 0 radical (unpaired) electrons. The summed E-state index contributed by atoms with van der Waals surface area (Å²) in [5.41, 5.74) is 1.29. The lowest BCUT2D eigenvalue weighted by Gasteiger charge is -2.32. The number of aromatic nitrogens is 4. The van der Waals surface area contributed by atoms with Crippen molar-refractivity contribution in [2.24, 2.45) is 5.92 Å². The summed E-state index contributed by atoms with van der Waals surface area (Å²) in [5, 5.41) is 16.6. The number of rotatable bonds is 10. The van der Waals surface area contributed by atoms with Gasteiger partial charge in [-0.05, 0) is 78.9 Å². The number of anilines is 1. The minimum absolute atomic E-state index is 0.00558. The van der Waals surface area contributed by atoms with E-state index in [-0.39, 0.29) is 30.4 Å². The van der Waals surface area contributed by atoms with E-state index >= 15 is 0 Å². The molecule has 4 rings (SSSR count). The van der Waals surface area contributed by atoms with Crippen molar-refractivity contribution in [3.05, 3.63) is 58.6 Å². The van der Waals surface area contributed by atoms with Crippen molar-refractivity contribution >= 4 is 40.7 Å². The molecule has 196 valence electrons. The molecule has 0 saturated carbocycles. The fourth-order valence-electron chi connectivity index (χ4n) is 4.24. The van der Waals surface area contributed by atoms with Gasteiger partial charge in [0.2, 0.25) is 11.7 Å². The first-order valence-electron chi connectivity index (χ1n) is 12.3. The van der Waals surface area contributed by atoms with Gasteiger partial charge >= 0.3 is 0 Å². The van der Waals surface area contributed by atoms with Gasteiger partial charge in [0.25, 0.3) is 5.91 Å². The smallest absolute Gasteiger partial charge is 0.251 e. The highest BCUT2D eigenvalue weighted by molar-refractivity contribution is 6.31. The number of hydrogen-bond donors (Lipinski definition) is 1. The Hall–Kier alpha value is -3.01. The highest BCUT2D eigenvalue weighted by atomic mass is 35.5. The van der Waals surface area contributed by atoms with Crippen LogP contribution in [0.5, 0.6) is 0 Å². The van der Waals surface area contributed by atoms with Crippen LogP contribution in [0.3, 0.4) is 0 Å². The Morgan fingerprint density at radius 2 is 1.78 bits per heavy atom. The lowest BCUT2D eigenvalue weighted by atomic mass is 10.0. The van der Waals surface area contributed by atoms with Gasteiger partial charge in [-0.3, -0.25) is 14.5 Å². The summed E-state index contributed by atoms with van der Waals surface area (Å²) >= 11 is 12.1. The van der Waals surface area contributed by atoms with E-state index in [1.54, 1.807) is 48.5 Å². The third kappa shape index (κ3) is 7.28. The molecule has 1 saturated heterocycles. The van der Waals surface area contributed by atoms with Gasteiger partial charge < -0.3 is 10.1 Å². The molecule has 1 N–H and O–H groups in total. The SMILES string of the molecule is CC(C)C[C@H](C(=O)NC[C@H]1CCCO1)N(C(=O)Cn1nnc(-c2ccc(Cl)cc2)n1)c1ccc(Cl)cc1. The summed E-state index contributed by atoms with van der Waals surface area (Å²) in [4.78, 5) is 29.9. The first-order valence-corrected chi connectivity index (χ1v) is 13.1. The second-order valence-electron chi connectivity index (χ2n) is 9.42. The standard InChI is InChI=1S/C26H30Cl2N6O3/c1-17(2)14-23(26(36)29-15-22-4-3-13-37-22)34(21-11-9-20(28)10-12-21)24(35)16-33-31-25(30-32-33)18-5-7-19(27)8-6-18/h5-12,17,22-23H,3-4,13-16H2,1-2H3,(H,29,36)/t22-,23-/m1/s1. The average molecular weight is 545 g/mol. The summed E-state index contributed by atoms with van der Waals surface area (Å²) in [6.45, 7) is 4.95. The van der Waals surface area contributed by atoms with Crippen LogP contribution >= 0.6 is 23.2 Å². The first kappa shape index (κ1) is 27.0. The van der Waals surface area contributed by atoms with E-state index in [1.807, 2.05) is 13.8 Å². The molecule has 1 aliphatic rings. The van der Waals surface area contributed by atoms with Gasteiger partial charge in [0, 0.05) is 34.4 Å². The molecule has 0 spiro atoms. The molecule has 0 unspecified atom stereocenters. The van der Waals surface area contributed by atoms with Crippen LogP contribution < -0.4 is 10.2 Å². The van der Waals surface area contributed by atoms with E-state index < -0.39 is 6.04 Å². The number of amides is 2. The van der Waals surface area contributed by atoms with Crippen LogP contribution in [-0.2, 0) is 20.9 Å². The molecule has 1 fully saturated rings. The maximum absolute atomic E-state index is 13.7. The number of tetrazole rings is 1. The molecule has 2 atom stereocenters. The van der Waals surface area contributed by atoms with E-state index in [1.165, 1.54) is 9.70 Å². The number of nitrogens with zero attached hydrogens (tertiary/aromatic N) is 5. The minimum Gasteiger partial charge on any atom is -0.376 e. The van der Waals surface area contributed by atoms with Gasteiger partial charge in [0.15, 0.2) is 0 Å². The third-order valence-electron chi connectivity index (χ3n) is 6.04. The van der Waals surface area contributed by atoms with Crippen molar-refractivity contribution < 1.29 is 14.3 Å². The summed E-state index contributed by atoms with van der Waals surface area (Å²) in [5.74, 6) is -0.0566. The maximum Gasteiger partial charge on any atom is 0.251 e. The number of halogens is 2. The van der Waals surface area contributed by atoms with Crippen LogP contribution in [0, 0.1) is 5.92 Å². The van der Waals surface area contributed by atoms with Crippen LogP contribution in [0.25, 0.3) is 11.4 Å². The van der Waals surface area contributed by atoms with Crippen LogP contribution in [-0.4, -0.2) is 57.3 Å². The lowest BCUT2D eigenvalue weighted by molar-refractivity contribution is -0.127. The van der Waals surface area contributed by atoms with Gasteiger partial charge in [0.1, 0.15) is 12.6 Å². The van der Waals surface area contributed by atoms with E-state index in [9.17, 15) is 9.59 Å². The molecule has 2 heterocycles. The van der Waals surface area contributed by atoms with E-state index in [2.05, 4.69) is 20.7 Å². The number of benzene rings is 2. The van der Waals surface area contributed by atoms with E-state index in [0.29, 0.717) is 41.1 Å². The normalized spacial score (nSPS) is 16.1. The predicted molar refractivity (Wildman–Crippen MR) is 142 cm³/mol. The zero-order valence-electron chi connectivity index (χ0n) is 20.8. The van der Waals surface area contributed by atoms with Crippen molar-refractivity contribution in [1.29, 1.82) is 0 Å². The van der Waals surface area contributed by atoms with Gasteiger partial charge in [-0.1, -0.05) is 37.0 Å². The molecule has 3 aromatic rings. The summed E-state index contributed by atoms with van der Waals surface area (Å²) in [6.07, 6.45) is 2.35. The second kappa shape index (κ2) is 12.5. The molecular formula is C26H30Cl2N6O3. The molecule has 9 nitrogen and oxygen atoms in total. The molecule has 11 heteroatoms. The molecule has 1 aromatic heterocycles. The number of nitrogens with one attached hydrogen (secondary N) is 1. The summed E-state index contributed by atoms with van der Waals surface area (Å²) in [6, 6.07) is 13.1. The number of carbonyl (C=O) groups excluding carboxylic acids is 2. The number of hydrogen-bond acceptors (Lipinski definition) is 6. The Morgan fingerprint density at radius 3 is 2.41 bits per heavy atom. The maximum atomic E-state index is 13.7.